The van der Waals surface area contributed by atoms with Crippen LogP contribution in [0.1, 0.15) is 41.6 Å². The van der Waals surface area contributed by atoms with Gasteiger partial charge in [-0.2, -0.15) is 4.98 Å². The maximum absolute atomic E-state index is 13.8. The summed E-state index contributed by atoms with van der Waals surface area (Å²) in [6.45, 7) is 5.86. The Bertz CT molecular complexity index is 2090. The van der Waals surface area contributed by atoms with Crippen molar-refractivity contribution in [3.05, 3.63) is 116 Å². The fraction of sp³-hybridized carbons (Fsp3) is 0.229. The van der Waals surface area contributed by atoms with Crippen LogP contribution in [0.2, 0.25) is 0 Å². The van der Waals surface area contributed by atoms with Gasteiger partial charge in [-0.3, -0.25) is 23.2 Å². The van der Waals surface area contributed by atoms with Crippen LogP contribution in [0.3, 0.4) is 0 Å². The Hall–Kier alpha value is -5.29. The fourth-order valence-corrected chi connectivity index (χ4v) is 6.10. The van der Waals surface area contributed by atoms with Gasteiger partial charge < -0.3 is 9.47 Å². The first-order valence-electron chi connectivity index (χ1n) is 14.9. The molecule has 0 saturated carbocycles. The molecule has 0 radical (unpaired) electrons. The summed E-state index contributed by atoms with van der Waals surface area (Å²) in [5.41, 5.74) is 2.85. The molecule has 0 fully saturated rings. The normalized spacial score (nSPS) is 10.8. The van der Waals surface area contributed by atoms with Gasteiger partial charge in [0.25, 0.3) is 5.56 Å². The predicted octanol–water partition coefficient (Wildman–Crippen LogP) is 6.48. The first kappa shape index (κ1) is 32.1. The van der Waals surface area contributed by atoms with Gasteiger partial charge in [0.15, 0.2) is 5.78 Å². The molecule has 0 spiro atoms. The number of carbonyl (C=O) groups excluding carboxylic acids is 1. The summed E-state index contributed by atoms with van der Waals surface area (Å²) in [5, 5.41) is 4.45. The lowest BCUT2D eigenvalue weighted by Gasteiger charge is -2.13. The SMILES string of the molecule is CC.CCc1cc2c(=O)n(CC(=O)c3ccc(OC)cc3)c(=O)n(Cc3ccc(-c4ccccc4-c4noc(OC)n4)cc3)c2s1. The van der Waals surface area contributed by atoms with Crippen LogP contribution in [0, 0.1) is 0 Å². The van der Waals surface area contributed by atoms with E-state index < -0.39 is 11.2 Å². The Balaban J connectivity index is 0.00000204. The van der Waals surface area contributed by atoms with Crippen LogP contribution in [0.25, 0.3) is 32.7 Å². The summed E-state index contributed by atoms with van der Waals surface area (Å²) in [6, 6.07) is 23.9. The minimum absolute atomic E-state index is 0.0775. The number of carbonyl (C=O) groups is 1. The first-order chi connectivity index (χ1) is 22.4. The second kappa shape index (κ2) is 14.2. The van der Waals surface area contributed by atoms with Crippen LogP contribution < -0.4 is 20.7 Å². The third kappa shape index (κ3) is 6.40. The Morgan fingerprint density at radius 1 is 0.891 bits per heavy atom. The highest BCUT2D eigenvalue weighted by Gasteiger charge is 2.20. The molecule has 10 nitrogen and oxygen atoms in total. The lowest BCUT2D eigenvalue weighted by Crippen LogP contribution is -2.41. The Labute approximate surface area is 269 Å². The number of aromatic nitrogens is 4. The molecular formula is C35H34N4O6S. The van der Waals surface area contributed by atoms with Crippen molar-refractivity contribution in [2.45, 2.75) is 40.3 Å². The van der Waals surface area contributed by atoms with Gasteiger partial charge in [0.2, 0.25) is 5.82 Å². The number of rotatable bonds is 10. The number of thiophene rings is 1. The van der Waals surface area contributed by atoms with Gasteiger partial charge in [-0.25, -0.2) is 4.79 Å². The van der Waals surface area contributed by atoms with Crippen molar-refractivity contribution in [3.8, 4) is 34.3 Å². The molecule has 0 aliphatic rings. The average Bonchev–Trinajstić information content (AvgIpc) is 3.78. The number of nitrogens with zero attached hydrogens (tertiary/aromatic N) is 4. The van der Waals surface area contributed by atoms with Crippen LogP contribution in [0.4, 0.5) is 0 Å². The molecule has 0 unspecified atom stereocenters. The summed E-state index contributed by atoms with van der Waals surface area (Å²) in [6.07, 6.45) is 0.798. The molecule has 3 heterocycles. The number of hydrogen-bond donors (Lipinski definition) is 0. The van der Waals surface area contributed by atoms with Crippen molar-refractivity contribution in [1.82, 2.24) is 19.3 Å². The molecule has 6 aromatic rings. The van der Waals surface area contributed by atoms with Gasteiger partial charge in [-0.1, -0.05) is 74.5 Å². The van der Waals surface area contributed by atoms with E-state index >= 15 is 0 Å². The van der Waals surface area contributed by atoms with E-state index in [-0.39, 0.29) is 24.9 Å². The lowest BCUT2D eigenvalue weighted by atomic mass is 9.98. The van der Waals surface area contributed by atoms with E-state index in [1.165, 1.54) is 18.4 Å². The van der Waals surface area contributed by atoms with Crippen molar-refractivity contribution in [2.75, 3.05) is 14.2 Å². The number of Topliss-reactive ketones (excluding diaryl/α,β-unsaturated/α-hetero) is 1. The van der Waals surface area contributed by atoms with Crippen molar-refractivity contribution in [1.29, 1.82) is 0 Å². The van der Waals surface area contributed by atoms with Gasteiger partial charge in [-0.05, 0) is 53.4 Å². The molecular weight excluding hydrogens is 604 g/mol. The molecule has 0 atom stereocenters. The van der Waals surface area contributed by atoms with E-state index in [2.05, 4.69) is 10.1 Å². The molecule has 6 rings (SSSR count). The van der Waals surface area contributed by atoms with E-state index in [4.69, 9.17) is 14.0 Å². The maximum atomic E-state index is 13.8. The zero-order valence-electron chi connectivity index (χ0n) is 26.3. The Kier molecular flexibility index (Phi) is 9.92. The summed E-state index contributed by atoms with van der Waals surface area (Å²) in [7, 11) is 3.00. The van der Waals surface area contributed by atoms with Gasteiger partial charge in [-0.15, -0.1) is 11.3 Å². The highest BCUT2D eigenvalue weighted by molar-refractivity contribution is 7.18. The van der Waals surface area contributed by atoms with Gasteiger partial charge >= 0.3 is 11.8 Å². The molecule has 236 valence electrons. The second-order valence-electron chi connectivity index (χ2n) is 10.0. The minimum Gasteiger partial charge on any atom is -0.497 e. The molecule has 0 aliphatic carbocycles. The number of ether oxygens (including phenoxy) is 2. The quantitative estimate of drug-likeness (QED) is 0.157. The van der Waals surface area contributed by atoms with Crippen LogP contribution in [-0.2, 0) is 19.5 Å². The molecule has 3 aromatic carbocycles. The largest absolute Gasteiger partial charge is 0.497 e. The molecule has 0 aliphatic heterocycles. The third-order valence-corrected chi connectivity index (χ3v) is 8.67. The number of benzene rings is 3. The number of aryl methyl sites for hydroxylation is 1. The molecule has 0 saturated heterocycles. The highest BCUT2D eigenvalue weighted by Crippen LogP contribution is 2.31. The summed E-state index contributed by atoms with van der Waals surface area (Å²) >= 11 is 1.42. The van der Waals surface area contributed by atoms with Crippen molar-refractivity contribution >= 4 is 27.3 Å². The van der Waals surface area contributed by atoms with Crippen molar-refractivity contribution in [2.24, 2.45) is 0 Å². The van der Waals surface area contributed by atoms with Crippen molar-refractivity contribution in [3.63, 3.8) is 0 Å². The second-order valence-corrected chi connectivity index (χ2v) is 11.1. The average molecular weight is 639 g/mol. The van der Waals surface area contributed by atoms with E-state index in [0.29, 0.717) is 27.4 Å². The topological polar surface area (TPSA) is 118 Å². The number of hydrogen-bond acceptors (Lipinski definition) is 9. The van der Waals surface area contributed by atoms with E-state index in [9.17, 15) is 14.4 Å². The zero-order chi connectivity index (χ0) is 32.8. The van der Waals surface area contributed by atoms with Gasteiger partial charge in [0.05, 0.1) is 32.7 Å². The zero-order valence-corrected chi connectivity index (χ0v) is 27.1. The van der Waals surface area contributed by atoms with E-state index in [0.717, 1.165) is 38.1 Å². The number of fused-ring (bicyclic) bond motifs is 1. The van der Waals surface area contributed by atoms with Gasteiger partial charge in [0.1, 0.15) is 10.6 Å². The summed E-state index contributed by atoms with van der Waals surface area (Å²) in [5.74, 6) is 0.676. The Morgan fingerprint density at radius 2 is 1.59 bits per heavy atom. The standard InChI is InChI=1S/C33H28N4O6S.C2H6/c1-4-24-17-27-30(39)36(19-28(38)22-13-15-23(41-2)16-14-22)33(40)37(31(27)44-24)18-20-9-11-21(12-10-20)25-7-5-6-8-26(25)29-34-32(42-3)43-35-29;1-2/h5-17H,4,18-19H2,1-3H3;1-2H3. The van der Waals surface area contributed by atoms with Crippen LogP contribution in [-0.4, -0.2) is 39.3 Å². The molecule has 0 N–H and O–H groups in total. The van der Waals surface area contributed by atoms with E-state index in [1.807, 2.05) is 75.4 Å². The third-order valence-electron chi connectivity index (χ3n) is 7.36. The first-order valence-corrected chi connectivity index (χ1v) is 15.7. The summed E-state index contributed by atoms with van der Waals surface area (Å²) in [4.78, 5) is 46.3. The van der Waals surface area contributed by atoms with Gasteiger partial charge in [0, 0.05) is 16.0 Å². The molecule has 46 heavy (non-hydrogen) atoms. The van der Waals surface area contributed by atoms with E-state index in [1.54, 1.807) is 35.9 Å². The molecule has 11 heteroatoms. The minimum atomic E-state index is -0.533. The molecule has 0 amide bonds. The van der Waals surface area contributed by atoms with Crippen molar-refractivity contribution < 1.29 is 18.8 Å². The van der Waals surface area contributed by atoms with Crippen LogP contribution in [0.15, 0.2) is 93.0 Å². The van der Waals surface area contributed by atoms with Crippen LogP contribution in [0.5, 0.6) is 11.8 Å². The molecule has 3 aromatic heterocycles. The monoisotopic (exact) mass is 638 g/mol. The highest BCUT2D eigenvalue weighted by atomic mass is 32.1. The Morgan fingerprint density at radius 3 is 2.22 bits per heavy atom. The fourth-order valence-electron chi connectivity index (χ4n) is 5.02. The maximum Gasteiger partial charge on any atom is 0.417 e. The number of methoxy groups -OCH3 is 2. The number of ketones is 1. The predicted molar refractivity (Wildman–Crippen MR) is 179 cm³/mol. The lowest BCUT2D eigenvalue weighted by molar-refractivity contribution is 0.0969. The molecule has 0 bridgehead atoms. The van der Waals surface area contributed by atoms with Crippen LogP contribution >= 0.6 is 11.3 Å². The smallest absolute Gasteiger partial charge is 0.417 e. The summed E-state index contributed by atoms with van der Waals surface area (Å²) < 4.78 is 17.9.